The van der Waals surface area contributed by atoms with Crippen LogP contribution in [0.2, 0.25) is 5.02 Å². The number of anilines is 1. The minimum absolute atomic E-state index is 0.0185. The third-order valence-electron chi connectivity index (χ3n) is 6.51. The Morgan fingerprint density at radius 3 is 2.35 bits per heavy atom. The highest BCUT2D eigenvalue weighted by atomic mass is 35.5. The molecule has 0 aliphatic heterocycles. The van der Waals surface area contributed by atoms with Crippen LogP contribution in [0.5, 0.6) is 0 Å². The number of benzene rings is 2. The summed E-state index contributed by atoms with van der Waals surface area (Å²) in [6, 6.07) is 19.1. The van der Waals surface area contributed by atoms with E-state index in [1.54, 1.807) is 4.90 Å². The van der Waals surface area contributed by atoms with E-state index in [1.165, 1.54) is 0 Å². The topological polar surface area (TPSA) is 57.6 Å². The molecule has 0 bridgehead atoms. The zero-order valence-electron chi connectivity index (χ0n) is 22.6. The predicted molar refractivity (Wildman–Crippen MR) is 152 cm³/mol. The third kappa shape index (κ3) is 8.12. The van der Waals surface area contributed by atoms with E-state index >= 15 is 0 Å². The summed E-state index contributed by atoms with van der Waals surface area (Å²) in [7, 11) is 0. The second-order valence-corrected chi connectivity index (χ2v) is 10.5. The van der Waals surface area contributed by atoms with Crippen LogP contribution in [0.3, 0.4) is 0 Å². The van der Waals surface area contributed by atoms with Crippen LogP contribution in [-0.4, -0.2) is 45.4 Å². The van der Waals surface area contributed by atoms with Crippen LogP contribution in [0.15, 0.2) is 66.9 Å². The number of carbonyl (C=O) groups is 2. The van der Waals surface area contributed by atoms with Gasteiger partial charge >= 0.3 is 6.03 Å². The van der Waals surface area contributed by atoms with E-state index in [0.717, 1.165) is 28.3 Å². The Balaban J connectivity index is 1.76. The Kier molecular flexibility index (Phi) is 10.2. The summed E-state index contributed by atoms with van der Waals surface area (Å²) < 4.78 is 2.12. The Bertz CT molecular complexity index is 1170. The highest BCUT2D eigenvalue weighted by molar-refractivity contribution is 6.31. The number of nitrogens with one attached hydrogen (secondary N) is 1. The maximum absolute atomic E-state index is 13.6. The number of aryl methyl sites for hydroxylation is 1. The molecule has 0 fully saturated rings. The molecule has 6 nitrogen and oxygen atoms in total. The fourth-order valence-electron chi connectivity index (χ4n) is 4.17. The number of carbonyl (C=O) groups excluding carboxylic acids is 2. The number of hydrogen-bond acceptors (Lipinski definition) is 2. The van der Waals surface area contributed by atoms with Crippen molar-refractivity contribution in [1.29, 1.82) is 0 Å². The first kappa shape index (κ1) is 28.3. The largest absolute Gasteiger partial charge is 0.345 e. The number of urea groups is 1. The highest BCUT2D eigenvalue weighted by Gasteiger charge is 2.26. The van der Waals surface area contributed by atoms with Gasteiger partial charge in [0, 0.05) is 41.7 Å². The van der Waals surface area contributed by atoms with Gasteiger partial charge in [-0.05, 0) is 62.1 Å². The third-order valence-corrected chi connectivity index (χ3v) is 6.87. The summed E-state index contributed by atoms with van der Waals surface area (Å²) in [6.07, 6.45) is 2.76. The van der Waals surface area contributed by atoms with E-state index in [1.807, 2.05) is 92.5 Å². The van der Waals surface area contributed by atoms with Crippen LogP contribution in [0.4, 0.5) is 10.5 Å². The molecule has 0 spiro atoms. The van der Waals surface area contributed by atoms with Crippen molar-refractivity contribution in [3.63, 3.8) is 0 Å². The number of amides is 3. The molecule has 3 amide bonds. The van der Waals surface area contributed by atoms with Gasteiger partial charge in [-0.2, -0.15) is 0 Å². The lowest BCUT2D eigenvalue weighted by Crippen LogP contribution is -2.48. The molecule has 0 aliphatic carbocycles. The Labute approximate surface area is 226 Å². The van der Waals surface area contributed by atoms with Crippen molar-refractivity contribution >= 4 is 29.2 Å². The smallest absolute Gasteiger partial charge is 0.322 e. The van der Waals surface area contributed by atoms with Gasteiger partial charge in [-0.1, -0.05) is 68.3 Å². The Morgan fingerprint density at radius 2 is 1.70 bits per heavy atom. The van der Waals surface area contributed by atoms with Gasteiger partial charge in [0.05, 0.1) is 6.54 Å². The van der Waals surface area contributed by atoms with Gasteiger partial charge < -0.3 is 19.7 Å². The van der Waals surface area contributed by atoms with Crippen LogP contribution >= 0.6 is 11.6 Å². The first-order valence-electron chi connectivity index (χ1n) is 13.0. The molecule has 3 aromatic rings. The van der Waals surface area contributed by atoms with E-state index in [2.05, 4.69) is 23.7 Å². The normalized spacial score (nSPS) is 11.9. The van der Waals surface area contributed by atoms with Crippen molar-refractivity contribution in [2.24, 2.45) is 5.92 Å². The summed E-state index contributed by atoms with van der Waals surface area (Å²) in [4.78, 5) is 30.3. The van der Waals surface area contributed by atoms with Gasteiger partial charge in [0.15, 0.2) is 0 Å². The van der Waals surface area contributed by atoms with Crippen molar-refractivity contribution in [2.45, 2.75) is 60.2 Å². The molecule has 7 heteroatoms. The van der Waals surface area contributed by atoms with Gasteiger partial charge in [-0.25, -0.2) is 4.79 Å². The second-order valence-electron chi connectivity index (χ2n) is 10.1. The lowest BCUT2D eigenvalue weighted by atomic mass is 10.2. The molecule has 0 saturated heterocycles. The fraction of sp³-hybridized carbons (Fsp3) is 0.400. The first-order chi connectivity index (χ1) is 17.7. The molecule has 0 aliphatic rings. The van der Waals surface area contributed by atoms with Gasteiger partial charge in [0.1, 0.15) is 6.54 Å². The molecule has 1 atom stereocenters. The molecule has 37 heavy (non-hydrogen) atoms. The van der Waals surface area contributed by atoms with E-state index in [-0.39, 0.29) is 30.4 Å². The zero-order chi connectivity index (χ0) is 26.9. The minimum atomic E-state index is -0.266. The standard InChI is InChI=1S/C30H39ClN4O2/c1-6-24(5)35(30(37)32-26-15-13-23(4)14-16-26)21-29(36)34(18-22(2)3)20-27-11-9-17-33(27)19-25-10-7-8-12-28(25)31/h7-17,22,24H,6,18-21H2,1-5H3,(H,32,37). The fourth-order valence-corrected chi connectivity index (χ4v) is 4.37. The van der Waals surface area contributed by atoms with E-state index in [9.17, 15) is 9.59 Å². The van der Waals surface area contributed by atoms with Crippen molar-refractivity contribution < 1.29 is 9.59 Å². The van der Waals surface area contributed by atoms with E-state index in [0.29, 0.717) is 25.3 Å². The predicted octanol–water partition coefficient (Wildman–Crippen LogP) is 6.82. The van der Waals surface area contributed by atoms with Crippen LogP contribution in [0.1, 0.15) is 50.9 Å². The molecule has 1 aromatic heterocycles. The number of nitrogens with zero attached hydrogens (tertiary/aromatic N) is 3. The zero-order valence-corrected chi connectivity index (χ0v) is 23.3. The maximum atomic E-state index is 13.6. The molecule has 1 N–H and O–H groups in total. The van der Waals surface area contributed by atoms with E-state index in [4.69, 9.17) is 11.6 Å². The SMILES string of the molecule is CCC(C)N(CC(=O)N(Cc1cccn1Cc1ccccc1Cl)CC(C)C)C(=O)Nc1ccc(C)cc1. The molecule has 0 radical (unpaired) electrons. The van der Waals surface area contributed by atoms with Crippen LogP contribution < -0.4 is 5.32 Å². The number of rotatable bonds is 11. The molecule has 2 aromatic carbocycles. The van der Waals surface area contributed by atoms with Crippen molar-refractivity contribution in [3.05, 3.63) is 88.7 Å². The van der Waals surface area contributed by atoms with Gasteiger partial charge in [0.25, 0.3) is 0 Å². The van der Waals surface area contributed by atoms with Crippen LogP contribution in [0.25, 0.3) is 0 Å². The first-order valence-corrected chi connectivity index (χ1v) is 13.3. The summed E-state index contributed by atoms with van der Waals surface area (Å²) in [5.41, 5.74) is 3.88. The Hall–Kier alpha value is -3.25. The number of hydrogen-bond donors (Lipinski definition) is 1. The van der Waals surface area contributed by atoms with Gasteiger partial charge in [-0.15, -0.1) is 0 Å². The quantitative estimate of drug-likeness (QED) is 0.300. The highest BCUT2D eigenvalue weighted by Crippen LogP contribution is 2.19. The maximum Gasteiger partial charge on any atom is 0.322 e. The molecule has 0 saturated carbocycles. The lowest BCUT2D eigenvalue weighted by molar-refractivity contribution is -0.133. The van der Waals surface area contributed by atoms with Gasteiger partial charge in [-0.3, -0.25) is 4.79 Å². The second kappa shape index (κ2) is 13.3. The summed E-state index contributed by atoms with van der Waals surface area (Å²) in [5, 5.41) is 3.68. The van der Waals surface area contributed by atoms with Crippen molar-refractivity contribution in [2.75, 3.05) is 18.4 Å². The molecule has 198 valence electrons. The molecule has 1 unspecified atom stereocenters. The number of halogens is 1. The summed E-state index contributed by atoms with van der Waals surface area (Å²) in [6.45, 7) is 11.9. The van der Waals surface area contributed by atoms with Crippen LogP contribution in [0, 0.1) is 12.8 Å². The molecular formula is C30H39ClN4O2. The van der Waals surface area contributed by atoms with Gasteiger partial charge in [0.2, 0.25) is 5.91 Å². The molecular weight excluding hydrogens is 484 g/mol. The van der Waals surface area contributed by atoms with Crippen LogP contribution in [-0.2, 0) is 17.9 Å². The van der Waals surface area contributed by atoms with Crippen molar-refractivity contribution in [3.8, 4) is 0 Å². The van der Waals surface area contributed by atoms with E-state index < -0.39 is 0 Å². The van der Waals surface area contributed by atoms with Crippen molar-refractivity contribution in [1.82, 2.24) is 14.4 Å². The number of aromatic nitrogens is 1. The average molecular weight is 523 g/mol. The monoisotopic (exact) mass is 522 g/mol. The summed E-state index contributed by atoms with van der Waals surface area (Å²) in [5.74, 6) is 0.216. The average Bonchev–Trinajstić information content (AvgIpc) is 3.30. The molecule has 1 heterocycles. The Morgan fingerprint density at radius 1 is 1.00 bits per heavy atom. The lowest BCUT2D eigenvalue weighted by Gasteiger charge is -2.32. The minimum Gasteiger partial charge on any atom is -0.345 e. The summed E-state index contributed by atoms with van der Waals surface area (Å²) >= 11 is 6.39. The molecule has 3 rings (SSSR count).